The van der Waals surface area contributed by atoms with Gasteiger partial charge in [0.25, 0.3) is 0 Å². The van der Waals surface area contributed by atoms with E-state index in [0.717, 1.165) is 5.69 Å². The molecule has 2 N–H and O–H groups in total. The number of nitrogens with zero attached hydrogens (tertiary/aromatic N) is 1. The molecule has 0 saturated heterocycles. The number of sulfonamides is 1. The second-order valence-electron chi connectivity index (χ2n) is 4.88. The second-order valence-corrected chi connectivity index (χ2v) is 6.65. The van der Waals surface area contributed by atoms with E-state index in [1.165, 1.54) is 12.1 Å². The largest absolute Gasteiger partial charge is 0.356 e. The number of nitrogens with one attached hydrogen (secondary N) is 2. The Hall–Kier alpha value is -2.25. The van der Waals surface area contributed by atoms with Crippen molar-refractivity contribution in [1.82, 2.24) is 15.0 Å². The zero-order chi connectivity index (χ0) is 16.5. The molecule has 0 aliphatic heterocycles. The Bertz CT molecular complexity index is 719. The van der Waals surface area contributed by atoms with E-state index < -0.39 is 10.0 Å². The Morgan fingerprint density at radius 1 is 1.00 bits per heavy atom. The lowest BCUT2D eigenvalue weighted by Crippen LogP contribution is -2.31. The van der Waals surface area contributed by atoms with Crippen LogP contribution in [0.25, 0.3) is 0 Å². The Kier molecular flexibility index (Phi) is 6.25. The van der Waals surface area contributed by atoms with Crippen LogP contribution in [-0.4, -0.2) is 32.4 Å². The maximum absolute atomic E-state index is 12.0. The summed E-state index contributed by atoms with van der Waals surface area (Å²) >= 11 is 0. The van der Waals surface area contributed by atoms with E-state index in [1.54, 1.807) is 24.4 Å². The fraction of sp³-hybridized carbons (Fsp3) is 0.250. The maximum Gasteiger partial charge on any atom is 0.240 e. The van der Waals surface area contributed by atoms with E-state index >= 15 is 0 Å². The van der Waals surface area contributed by atoms with Gasteiger partial charge in [0.1, 0.15) is 0 Å². The molecule has 1 aromatic heterocycles. The molecule has 0 aliphatic rings. The fourth-order valence-corrected chi connectivity index (χ4v) is 3.00. The lowest BCUT2D eigenvalue weighted by Gasteiger charge is -2.07. The molecule has 0 radical (unpaired) electrons. The summed E-state index contributed by atoms with van der Waals surface area (Å²) in [7, 11) is -3.56. The fourth-order valence-electron chi connectivity index (χ4n) is 1.95. The standard InChI is InChI=1S/C16H19N3O3S/c20-16(18-12-9-14-6-4-5-11-17-14)10-13-19-23(21,22)15-7-2-1-3-8-15/h1-8,11,19H,9-10,12-13H2,(H,18,20). The van der Waals surface area contributed by atoms with E-state index in [2.05, 4.69) is 15.0 Å². The van der Waals surface area contributed by atoms with Crippen molar-refractivity contribution < 1.29 is 13.2 Å². The monoisotopic (exact) mass is 333 g/mol. The van der Waals surface area contributed by atoms with Crippen LogP contribution in [0.2, 0.25) is 0 Å². The van der Waals surface area contributed by atoms with Crippen LogP contribution in [0.1, 0.15) is 12.1 Å². The zero-order valence-electron chi connectivity index (χ0n) is 12.6. The first kappa shape index (κ1) is 17.1. The van der Waals surface area contributed by atoms with E-state index in [0.29, 0.717) is 13.0 Å². The number of amides is 1. The Balaban J connectivity index is 1.69. The number of hydrogen-bond donors (Lipinski definition) is 2. The van der Waals surface area contributed by atoms with E-state index in [-0.39, 0.29) is 23.8 Å². The number of hydrogen-bond acceptors (Lipinski definition) is 4. The highest BCUT2D eigenvalue weighted by Gasteiger charge is 2.13. The van der Waals surface area contributed by atoms with Crippen molar-refractivity contribution in [3.63, 3.8) is 0 Å². The first-order valence-corrected chi connectivity index (χ1v) is 8.77. The van der Waals surface area contributed by atoms with Gasteiger partial charge < -0.3 is 5.32 Å². The van der Waals surface area contributed by atoms with Crippen LogP contribution in [-0.2, 0) is 21.2 Å². The molecule has 0 unspecified atom stereocenters. The lowest BCUT2D eigenvalue weighted by atomic mass is 10.2. The number of rotatable bonds is 8. The third-order valence-electron chi connectivity index (χ3n) is 3.13. The van der Waals surface area contributed by atoms with Crippen molar-refractivity contribution in [3.8, 4) is 0 Å². The van der Waals surface area contributed by atoms with Gasteiger partial charge in [-0.2, -0.15) is 0 Å². The van der Waals surface area contributed by atoms with Crippen molar-refractivity contribution >= 4 is 15.9 Å². The predicted octanol–water partition coefficient (Wildman–Crippen LogP) is 1.11. The summed E-state index contributed by atoms with van der Waals surface area (Å²) in [6.07, 6.45) is 2.44. The number of carbonyl (C=O) groups excluding carboxylic acids is 1. The Morgan fingerprint density at radius 2 is 1.74 bits per heavy atom. The predicted molar refractivity (Wildman–Crippen MR) is 87.2 cm³/mol. The minimum absolute atomic E-state index is 0.0622. The van der Waals surface area contributed by atoms with Crippen LogP contribution in [0.15, 0.2) is 59.6 Å². The van der Waals surface area contributed by atoms with Gasteiger partial charge in [0.2, 0.25) is 15.9 Å². The molecule has 0 fully saturated rings. The molecule has 0 spiro atoms. The van der Waals surface area contributed by atoms with Crippen molar-refractivity contribution in [2.24, 2.45) is 0 Å². The van der Waals surface area contributed by atoms with Crippen LogP contribution in [0.5, 0.6) is 0 Å². The zero-order valence-corrected chi connectivity index (χ0v) is 13.4. The molecule has 0 bridgehead atoms. The molecule has 0 aliphatic carbocycles. The molecule has 1 heterocycles. The molecule has 2 aromatic rings. The summed E-state index contributed by atoms with van der Waals surface area (Å²) in [5, 5.41) is 2.74. The first-order chi connectivity index (χ1) is 11.1. The Morgan fingerprint density at radius 3 is 2.43 bits per heavy atom. The van der Waals surface area contributed by atoms with Crippen LogP contribution in [0.4, 0.5) is 0 Å². The second kappa shape index (κ2) is 8.40. The molecule has 0 saturated carbocycles. The third-order valence-corrected chi connectivity index (χ3v) is 4.60. The van der Waals surface area contributed by atoms with Gasteiger partial charge >= 0.3 is 0 Å². The minimum atomic E-state index is -3.56. The average molecular weight is 333 g/mol. The summed E-state index contributed by atoms with van der Waals surface area (Å²) in [6.45, 7) is 0.536. The van der Waals surface area contributed by atoms with Gasteiger partial charge in [-0.15, -0.1) is 0 Å². The van der Waals surface area contributed by atoms with E-state index in [1.807, 2.05) is 18.2 Å². The third kappa shape index (κ3) is 5.80. The molecule has 1 amide bonds. The molecule has 2 rings (SSSR count). The van der Waals surface area contributed by atoms with Gasteiger partial charge in [0.15, 0.2) is 0 Å². The number of aromatic nitrogens is 1. The van der Waals surface area contributed by atoms with Crippen molar-refractivity contribution in [1.29, 1.82) is 0 Å². The lowest BCUT2D eigenvalue weighted by molar-refractivity contribution is -0.120. The molecular formula is C16H19N3O3S. The Labute approximate surface area is 136 Å². The smallest absolute Gasteiger partial charge is 0.240 e. The van der Waals surface area contributed by atoms with Crippen molar-refractivity contribution in [2.45, 2.75) is 17.7 Å². The quantitative estimate of drug-likeness (QED) is 0.757. The normalized spacial score (nSPS) is 11.1. The van der Waals surface area contributed by atoms with E-state index in [9.17, 15) is 13.2 Å². The molecule has 122 valence electrons. The van der Waals surface area contributed by atoms with Gasteiger partial charge in [-0.05, 0) is 24.3 Å². The molecule has 0 atom stereocenters. The summed E-state index contributed by atoms with van der Waals surface area (Å²) in [5.74, 6) is -0.198. The summed E-state index contributed by atoms with van der Waals surface area (Å²) < 4.78 is 26.3. The highest BCUT2D eigenvalue weighted by Crippen LogP contribution is 2.06. The molecule has 6 nitrogen and oxygen atoms in total. The highest BCUT2D eigenvalue weighted by atomic mass is 32.2. The highest BCUT2D eigenvalue weighted by molar-refractivity contribution is 7.89. The van der Waals surface area contributed by atoms with Gasteiger partial charge in [-0.1, -0.05) is 24.3 Å². The van der Waals surface area contributed by atoms with Crippen LogP contribution in [0, 0.1) is 0 Å². The van der Waals surface area contributed by atoms with Crippen LogP contribution < -0.4 is 10.0 Å². The summed E-state index contributed by atoms with van der Waals surface area (Å²) in [5.41, 5.74) is 0.901. The van der Waals surface area contributed by atoms with E-state index in [4.69, 9.17) is 0 Å². The summed E-state index contributed by atoms with van der Waals surface area (Å²) in [4.78, 5) is 16.0. The van der Waals surface area contributed by atoms with Gasteiger partial charge in [-0.25, -0.2) is 13.1 Å². The average Bonchev–Trinajstić information content (AvgIpc) is 2.56. The van der Waals surface area contributed by atoms with Gasteiger partial charge in [-0.3, -0.25) is 9.78 Å². The summed E-state index contributed by atoms with van der Waals surface area (Å²) in [6, 6.07) is 13.7. The van der Waals surface area contributed by atoms with Crippen molar-refractivity contribution in [3.05, 3.63) is 60.4 Å². The topological polar surface area (TPSA) is 88.2 Å². The molecule has 1 aromatic carbocycles. The maximum atomic E-state index is 12.0. The first-order valence-electron chi connectivity index (χ1n) is 7.29. The molecule has 23 heavy (non-hydrogen) atoms. The van der Waals surface area contributed by atoms with Crippen molar-refractivity contribution in [2.75, 3.05) is 13.1 Å². The SMILES string of the molecule is O=C(CCNS(=O)(=O)c1ccccc1)NCCc1ccccn1. The number of carbonyl (C=O) groups is 1. The molecular weight excluding hydrogens is 314 g/mol. The number of benzene rings is 1. The number of pyridine rings is 1. The van der Waals surface area contributed by atoms with Gasteiger partial charge in [0, 0.05) is 37.8 Å². The van der Waals surface area contributed by atoms with Crippen LogP contribution in [0.3, 0.4) is 0 Å². The van der Waals surface area contributed by atoms with Crippen LogP contribution >= 0.6 is 0 Å². The van der Waals surface area contributed by atoms with Gasteiger partial charge in [0.05, 0.1) is 4.90 Å². The molecule has 7 heteroatoms. The minimum Gasteiger partial charge on any atom is -0.356 e.